The van der Waals surface area contributed by atoms with Gasteiger partial charge in [-0.2, -0.15) is 5.10 Å². The second-order valence-electron chi connectivity index (χ2n) is 2.35. The first kappa shape index (κ1) is 11.3. The average molecular weight is 247 g/mol. The maximum atomic E-state index is 11.1. The molecule has 0 spiro atoms. The van der Waals surface area contributed by atoms with Gasteiger partial charge >= 0.3 is 0 Å². The van der Waals surface area contributed by atoms with E-state index in [4.69, 9.17) is 5.73 Å². The first-order chi connectivity index (χ1) is 6.59. The molecule has 0 saturated heterocycles. The number of hydrogen-bond acceptors (Lipinski definition) is 4. The monoisotopic (exact) mass is 247 g/mol. The lowest BCUT2D eigenvalue weighted by Crippen LogP contribution is -2.23. The number of nitrogens with two attached hydrogens (primary N) is 1. The third-order valence-corrected chi connectivity index (χ3v) is 3.81. The number of hydrazone groups is 1. The zero-order chi connectivity index (χ0) is 10.6. The first-order valence-electron chi connectivity index (χ1n) is 3.61. The molecular formula is C7H9N3OS3. The second kappa shape index (κ2) is 5.18. The van der Waals surface area contributed by atoms with E-state index in [0.29, 0.717) is 0 Å². The van der Waals surface area contributed by atoms with Gasteiger partial charge in [0.1, 0.15) is 0 Å². The normalized spacial score (nSPS) is 12.9. The summed E-state index contributed by atoms with van der Waals surface area (Å²) in [6.07, 6.45) is 3.22. The molecule has 4 nitrogen and oxygen atoms in total. The molecule has 0 aromatic carbocycles. The fourth-order valence-electron chi connectivity index (χ4n) is 0.718. The molecule has 0 aliphatic rings. The molecule has 0 aliphatic heterocycles. The molecule has 1 heterocycles. The van der Waals surface area contributed by atoms with E-state index in [1.807, 2.05) is 12.1 Å². The minimum Gasteiger partial charge on any atom is -0.375 e. The Bertz CT molecular complexity index is 385. The Balaban J connectivity index is 2.64. The van der Waals surface area contributed by atoms with Crippen LogP contribution in [0.2, 0.25) is 0 Å². The molecule has 0 fully saturated rings. The van der Waals surface area contributed by atoms with Crippen LogP contribution in [0.5, 0.6) is 0 Å². The molecule has 0 aliphatic carbocycles. The first-order valence-corrected chi connectivity index (χ1v) is 6.39. The molecule has 0 amide bonds. The molecule has 1 atom stereocenters. The Hall–Kier alpha value is -0.790. The Morgan fingerprint density at radius 1 is 1.79 bits per heavy atom. The predicted octanol–water partition coefficient (Wildman–Crippen LogP) is 0.653. The summed E-state index contributed by atoms with van der Waals surface area (Å²) in [6.45, 7) is 0. The van der Waals surface area contributed by atoms with E-state index in [1.54, 1.807) is 12.5 Å². The quantitative estimate of drug-likeness (QED) is 0.467. The molecule has 7 heteroatoms. The summed E-state index contributed by atoms with van der Waals surface area (Å²) in [5, 5.41) is 3.91. The third kappa shape index (κ3) is 3.52. The van der Waals surface area contributed by atoms with Gasteiger partial charge in [0, 0.05) is 11.1 Å². The highest BCUT2D eigenvalue weighted by atomic mass is 32.2. The number of rotatable bonds is 3. The van der Waals surface area contributed by atoms with Crippen molar-refractivity contribution < 1.29 is 4.21 Å². The zero-order valence-electron chi connectivity index (χ0n) is 7.39. The number of hydrogen-bond donors (Lipinski definition) is 2. The van der Waals surface area contributed by atoms with Gasteiger partial charge in [-0.15, -0.1) is 11.3 Å². The second-order valence-corrected chi connectivity index (χ2v) is 5.51. The Morgan fingerprint density at radius 3 is 3.00 bits per heavy atom. The summed E-state index contributed by atoms with van der Waals surface area (Å²) in [7, 11) is -0.936. The van der Waals surface area contributed by atoms with Crippen molar-refractivity contribution in [1.82, 2.24) is 5.43 Å². The molecular weight excluding hydrogens is 238 g/mol. The van der Waals surface area contributed by atoms with Gasteiger partial charge in [-0.1, -0.05) is 0 Å². The van der Waals surface area contributed by atoms with E-state index >= 15 is 0 Å². The smallest absolute Gasteiger partial charge is 0.184 e. The van der Waals surface area contributed by atoms with Crippen LogP contribution in [-0.4, -0.2) is 21.8 Å². The van der Waals surface area contributed by atoms with Crippen molar-refractivity contribution >= 4 is 45.7 Å². The Labute approximate surface area is 93.7 Å². The maximum absolute atomic E-state index is 11.1. The van der Waals surface area contributed by atoms with Crippen molar-refractivity contribution in [2.45, 2.75) is 4.21 Å². The molecule has 1 aromatic heterocycles. The fraction of sp³-hybridized carbons (Fsp3) is 0.143. The van der Waals surface area contributed by atoms with Crippen molar-refractivity contribution in [3.05, 3.63) is 17.0 Å². The van der Waals surface area contributed by atoms with Crippen molar-refractivity contribution in [2.75, 3.05) is 6.26 Å². The third-order valence-electron chi connectivity index (χ3n) is 1.25. The van der Waals surface area contributed by atoms with Crippen LogP contribution in [0.15, 0.2) is 21.4 Å². The predicted molar refractivity (Wildman–Crippen MR) is 64.2 cm³/mol. The maximum Gasteiger partial charge on any atom is 0.184 e. The SMILES string of the molecule is CS(=O)c1ccc(/C=N/NC(N)=S)s1. The molecule has 3 N–H and O–H groups in total. The van der Waals surface area contributed by atoms with Crippen molar-refractivity contribution in [2.24, 2.45) is 10.8 Å². The minimum absolute atomic E-state index is 0.122. The van der Waals surface area contributed by atoms with Crippen molar-refractivity contribution in [3.8, 4) is 0 Å². The molecule has 76 valence electrons. The van der Waals surface area contributed by atoms with Crippen LogP contribution in [0.3, 0.4) is 0 Å². The average Bonchev–Trinajstić information content (AvgIpc) is 2.52. The molecule has 0 saturated carbocycles. The highest BCUT2D eigenvalue weighted by molar-refractivity contribution is 7.86. The van der Waals surface area contributed by atoms with Gasteiger partial charge in [-0.3, -0.25) is 9.63 Å². The number of nitrogens with zero attached hydrogens (tertiary/aromatic N) is 1. The fourth-order valence-corrected chi connectivity index (χ4v) is 2.40. The molecule has 0 radical (unpaired) electrons. The van der Waals surface area contributed by atoms with Gasteiger partial charge in [-0.25, -0.2) is 0 Å². The van der Waals surface area contributed by atoms with Crippen LogP contribution in [-0.2, 0) is 10.8 Å². The summed E-state index contributed by atoms with van der Waals surface area (Å²) in [5.41, 5.74) is 7.61. The zero-order valence-corrected chi connectivity index (χ0v) is 9.84. The summed E-state index contributed by atoms with van der Waals surface area (Å²) in [5.74, 6) is 0. The van der Waals surface area contributed by atoms with E-state index in [-0.39, 0.29) is 5.11 Å². The standard InChI is InChI=1S/C7H9N3OS3/c1-14(11)6-3-2-5(13-6)4-9-10-7(8)12/h2-4H,1H3,(H3,8,10,12)/b9-4+. The minimum atomic E-state index is -0.936. The van der Waals surface area contributed by atoms with Crippen LogP contribution in [0.1, 0.15) is 4.88 Å². The summed E-state index contributed by atoms with van der Waals surface area (Å²) >= 11 is 5.98. The van der Waals surface area contributed by atoms with Crippen molar-refractivity contribution in [1.29, 1.82) is 0 Å². The highest BCUT2D eigenvalue weighted by Gasteiger charge is 2.00. The number of thiophene rings is 1. The van der Waals surface area contributed by atoms with Crippen LogP contribution < -0.4 is 11.2 Å². The van der Waals surface area contributed by atoms with E-state index in [9.17, 15) is 4.21 Å². The summed E-state index contributed by atoms with van der Waals surface area (Å²) in [4.78, 5) is 0.902. The van der Waals surface area contributed by atoms with Gasteiger partial charge in [0.2, 0.25) is 0 Å². The highest BCUT2D eigenvalue weighted by Crippen LogP contribution is 2.17. The van der Waals surface area contributed by atoms with Gasteiger partial charge in [0.25, 0.3) is 0 Å². The molecule has 14 heavy (non-hydrogen) atoms. The van der Waals surface area contributed by atoms with E-state index < -0.39 is 10.8 Å². The topological polar surface area (TPSA) is 67.5 Å². The summed E-state index contributed by atoms with van der Waals surface area (Å²) < 4.78 is 11.9. The Kier molecular flexibility index (Phi) is 4.18. The van der Waals surface area contributed by atoms with E-state index in [1.165, 1.54) is 11.3 Å². The van der Waals surface area contributed by atoms with Crippen LogP contribution in [0.25, 0.3) is 0 Å². The number of thiocarbonyl (C=S) groups is 1. The molecule has 1 aromatic rings. The van der Waals surface area contributed by atoms with Gasteiger partial charge < -0.3 is 5.73 Å². The van der Waals surface area contributed by atoms with Crippen LogP contribution in [0.4, 0.5) is 0 Å². The lowest BCUT2D eigenvalue weighted by atomic mass is 10.5. The van der Waals surface area contributed by atoms with Crippen LogP contribution >= 0.6 is 23.6 Å². The Morgan fingerprint density at radius 2 is 2.50 bits per heavy atom. The molecule has 0 bridgehead atoms. The lowest BCUT2D eigenvalue weighted by molar-refractivity contribution is 0.688. The van der Waals surface area contributed by atoms with Gasteiger partial charge in [-0.05, 0) is 24.4 Å². The lowest BCUT2D eigenvalue weighted by Gasteiger charge is -1.91. The van der Waals surface area contributed by atoms with E-state index in [0.717, 1.165) is 9.09 Å². The van der Waals surface area contributed by atoms with Crippen molar-refractivity contribution in [3.63, 3.8) is 0 Å². The molecule has 1 unspecified atom stereocenters. The van der Waals surface area contributed by atoms with Gasteiger partial charge in [0.05, 0.1) is 21.2 Å². The summed E-state index contributed by atoms with van der Waals surface area (Å²) in [6, 6.07) is 3.65. The largest absolute Gasteiger partial charge is 0.375 e. The van der Waals surface area contributed by atoms with E-state index in [2.05, 4.69) is 22.7 Å². The number of nitrogens with one attached hydrogen (secondary N) is 1. The molecule has 1 rings (SSSR count). The van der Waals surface area contributed by atoms with Crippen LogP contribution in [0, 0.1) is 0 Å². The van der Waals surface area contributed by atoms with Gasteiger partial charge in [0.15, 0.2) is 5.11 Å².